The van der Waals surface area contributed by atoms with Crippen LogP contribution in [0.2, 0.25) is 0 Å². The molecule has 0 bridgehead atoms. The van der Waals surface area contributed by atoms with E-state index in [4.69, 9.17) is 18.5 Å². The van der Waals surface area contributed by atoms with E-state index < -0.39 is 75.7 Å². The summed E-state index contributed by atoms with van der Waals surface area (Å²) in [6.07, 6.45) is 36.5. The van der Waals surface area contributed by atoms with E-state index in [0.29, 0.717) is 12.8 Å². The van der Waals surface area contributed by atoms with E-state index in [0.717, 1.165) is 51.4 Å². The summed E-state index contributed by atoms with van der Waals surface area (Å²) in [5, 5.41) is 50.3. The molecule has 0 amide bonds. The van der Waals surface area contributed by atoms with Gasteiger partial charge in [-0.25, -0.2) is 4.57 Å². The van der Waals surface area contributed by atoms with Crippen LogP contribution in [0.4, 0.5) is 0 Å². The Hall–Kier alpha value is -1.67. The number of carbonyl (C=O) groups is 2. The fourth-order valence-electron chi connectivity index (χ4n) is 8.40. The smallest absolute Gasteiger partial charge is 0.462 e. The Labute approximate surface area is 406 Å². The molecule has 394 valence electrons. The van der Waals surface area contributed by atoms with Gasteiger partial charge in [-0.15, -0.1) is 0 Å². The van der Waals surface area contributed by atoms with E-state index in [1.54, 1.807) is 0 Å². The summed E-state index contributed by atoms with van der Waals surface area (Å²) in [5.41, 5.74) is 0. The Morgan fingerprint density at radius 2 is 0.761 bits per heavy atom. The third-order valence-electron chi connectivity index (χ3n) is 12.8. The van der Waals surface area contributed by atoms with Crippen molar-refractivity contribution >= 4 is 19.8 Å². The van der Waals surface area contributed by atoms with Crippen LogP contribution < -0.4 is 0 Å². The van der Waals surface area contributed by atoms with E-state index in [-0.39, 0.29) is 12.8 Å². The summed E-state index contributed by atoms with van der Waals surface area (Å²) in [5.74, 6) is -1.09. The van der Waals surface area contributed by atoms with Gasteiger partial charge in [-0.2, -0.15) is 0 Å². The number of aliphatic hydroxyl groups is 5. The van der Waals surface area contributed by atoms with Gasteiger partial charge in [0.05, 0.1) is 6.61 Å². The number of phosphoric ester groups is 1. The zero-order valence-corrected chi connectivity index (χ0v) is 43.1. The number of esters is 2. The Kier molecular flexibility index (Phi) is 40.8. The van der Waals surface area contributed by atoms with Crippen molar-refractivity contribution in [2.75, 3.05) is 13.2 Å². The number of unbranched alkanes of at least 4 members (excludes halogenated alkanes) is 30. The Morgan fingerprint density at radius 3 is 1.13 bits per heavy atom. The first-order valence-corrected chi connectivity index (χ1v) is 28.6. The van der Waals surface area contributed by atoms with Gasteiger partial charge >= 0.3 is 19.8 Å². The van der Waals surface area contributed by atoms with Gasteiger partial charge < -0.3 is 39.9 Å². The van der Waals surface area contributed by atoms with Crippen molar-refractivity contribution in [1.29, 1.82) is 0 Å². The van der Waals surface area contributed by atoms with E-state index in [1.807, 2.05) is 0 Å². The molecule has 67 heavy (non-hydrogen) atoms. The molecule has 1 fully saturated rings. The zero-order chi connectivity index (χ0) is 49.2. The minimum absolute atomic E-state index is 0.0942. The quantitative estimate of drug-likeness (QED) is 0.0145. The Morgan fingerprint density at radius 1 is 0.448 bits per heavy atom. The monoisotopic (exact) mass is 975 g/mol. The average molecular weight is 975 g/mol. The minimum Gasteiger partial charge on any atom is -0.462 e. The summed E-state index contributed by atoms with van der Waals surface area (Å²) < 4.78 is 33.7. The maximum Gasteiger partial charge on any atom is 0.472 e. The van der Waals surface area contributed by atoms with Crippen molar-refractivity contribution in [3.8, 4) is 0 Å². The van der Waals surface area contributed by atoms with Crippen molar-refractivity contribution in [2.24, 2.45) is 0 Å². The maximum absolute atomic E-state index is 12.9. The van der Waals surface area contributed by atoms with Crippen LogP contribution in [0.3, 0.4) is 0 Å². The number of hydrogen-bond acceptors (Lipinski definition) is 12. The number of phosphoric acid groups is 1. The standard InChI is InChI=1S/C53H99O13P/c1-3-5-7-9-11-13-15-17-19-21-22-23-24-26-27-29-31-33-35-37-39-41-46(54)63-43-45(44-64-67(61,62)66-53-51(59)49(57)48(56)50(58)52(53)60)65-47(55)42-40-38-36-34-32-30-28-25-20-18-16-14-12-10-8-6-4-2/h17-20,45,48-53,56-60H,3-16,21-44H2,1-2H3,(H,61,62)/b19-17+,20-18+/t45-,48?,49-,50?,51?,52?,53?/m0/s1. The van der Waals surface area contributed by atoms with Gasteiger partial charge in [-0.05, 0) is 64.2 Å². The fourth-order valence-corrected chi connectivity index (χ4v) is 9.37. The first-order chi connectivity index (χ1) is 32.4. The largest absolute Gasteiger partial charge is 0.472 e. The minimum atomic E-state index is -5.12. The molecule has 1 saturated carbocycles. The fraction of sp³-hybridized carbons (Fsp3) is 0.887. The van der Waals surface area contributed by atoms with Gasteiger partial charge in [0.25, 0.3) is 0 Å². The number of ether oxygens (including phenoxy) is 2. The summed E-state index contributed by atoms with van der Waals surface area (Å²) >= 11 is 0. The molecular weight excluding hydrogens is 876 g/mol. The molecule has 0 aliphatic heterocycles. The summed E-state index contributed by atoms with van der Waals surface area (Å²) in [4.78, 5) is 35.9. The van der Waals surface area contributed by atoms with Crippen LogP contribution in [0.1, 0.15) is 245 Å². The number of hydrogen-bond donors (Lipinski definition) is 6. The van der Waals surface area contributed by atoms with Crippen LogP contribution in [0.5, 0.6) is 0 Å². The third kappa shape index (κ3) is 35.1. The number of allylic oxidation sites excluding steroid dienone is 4. The molecule has 8 atom stereocenters. The van der Waals surface area contributed by atoms with E-state index in [2.05, 4.69) is 38.2 Å². The second-order valence-electron chi connectivity index (χ2n) is 19.1. The molecule has 6 unspecified atom stereocenters. The second kappa shape index (κ2) is 43.1. The van der Waals surface area contributed by atoms with Crippen LogP contribution >= 0.6 is 7.82 Å². The Bertz CT molecular complexity index is 1270. The van der Waals surface area contributed by atoms with Crippen LogP contribution in [0.15, 0.2) is 24.3 Å². The highest BCUT2D eigenvalue weighted by Gasteiger charge is 2.51. The van der Waals surface area contributed by atoms with Gasteiger partial charge in [0.1, 0.15) is 43.2 Å². The summed E-state index contributed by atoms with van der Waals surface area (Å²) in [7, 11) is -5.12. The van der Waals surface area contributed by atoms with Crippen LogP contribution in [-0.4, -0.2) is 98.3 Å². The lowest BCUT2D eigenvalue weighted by atomic mass is 9.85. The third-order valence-corrected chi connectivity index (χ3v) is 13.8. The first kappa shape index (κ1) is 63.3. The lowest BCUT2D eigenvalue weighted by Crippen LogP contribution is -2.64. The number of carbonyl (C=O) groups excluding carboxylic acids is 2. The molecule has 0 heterocycles. The normalized spacial score (nSPS) is 21.3. The molecule has 14 heteroatoms. The molecule has 0 aromatic heterocycles. The number of rotatable bonds is 46. The lowest BCUT2D eigenvalue weighted by molar-refractivity contribution is -0.220. The molecule has 0 radical (unpaired) electrons. The molecule has 0 aromatic carbocycles. The predicted molar refractivity (Wildman–Crippen MR) is 267 cm³/mol. The molecule has 1 aliphatic carbocycles. The van der Waals surface area contributed by atoms with Gasteiger partial charge in [-0.1, -0.05) is 192 Å². The highest BCUT2D eigenvalue weighted by molar-refractivity contribution is 7.47. The molecule has 0 saturated heterocycles. The molecule has 1 aliphatic rings. The lowest BCUT2D eigenvalue weighted by Gasteiger charge is -2.41. The zero-order valence-electron chi connectivity index (χ0n) is 42.2. The Balaban J connectivity index is 2.36. The molecule has 6 N–H and O–H groups in total. The van der Waals surface area contributed by atoms with Gasteiger partial charge in [0, 0.05) is 12.8 Å². The van der Waals surface area contributed by atoms with Crippen molar-refractivity contribution in [2.45, 2.75) is 288 Å². The SMILES string of the molecule is CCCCCCCC/C=C/CCCCCCCCCCCCCC(=O)OC[C@@H](COP(=O)(O)OC1C(O)C(O)C(O)[C@H](O)C1O)OC(=O)CCCCCCCCC/C=C/CCCCCCCC. The van der Waals surface area contributed by atoms with Crippen molar-refractivity contribution in [3.05, 3.63) is 24.3 Å². The van der Waals surface area contributed by atoms with Crippen molar-refractivity contribution in [1.82, 2.24) is 0 Å². The van der Waals surface area contributed by atoms with Gasteiger partial charge in [0.2, 0.25) is 0 Å². The second-order valence-corrected chi connectivity index (χ2v) is 20.5. The molecular formula is C53H99O13P. The number of aliphatic hydroxyl groups excluding tert-OH is 5. The molecule has 1 rings (SSSR count). The molecule has 13 nitrogen and oxygen atoms in total. The van der Waals surface area contributed by atoms with Crippen LogP contribution in [0.25, 0.3) is 0 Å². The van der Waals surface area contributed by atoms with Crippen molar-refractivity contribution in [3.63, 3.8) is 0 Å². The van der Waals surface area contributed by atoms with Gasteiger partial charge in [-0.3, -0.25) is 18.6 Å². The van der Waals surface area contributed by atoms with E-state index in [9.17, 15) is 44.6 Å². The van der Waals surface area contributed by atoms with Crippen LogP contribution in [0, 0.1) is 0 Å². The molecule has 0 aromatic rings. The molecule has 0 spiro atoms. The predicted octanol–water partition coefficient (Wildman–Crippen LogP) is 12.0. The maximum atomic E-state index is 12.9. The highest BCUT2D eigenvalue weighted by Crippen LogP contribution is 2.47. The summed E-state index contributed by atoms with van der Waals surface area (Å²) in [6, 6.07) is 0. The highest BCUT2D eigenvalue weighted by atomic mass is 31.2. The van der Waals surface area contributed by atoms with Crippen molar-refractivity contribution < 1.29 is 63.1 Å². The summed E-state index contributed by atoms with van der Waals surface area (Å²) in [6.45, 7) is 3.33. The van der Waals surface area contributed by atoms with Crippen LogP contribution in [-0.2, 0) is 32.7 Å². The first-order valence-electron chi connectivity index (χ1n) is 27.1. The van der Waals surface area contributed by atoms with E-state index >= 15 is 0 Å². The average Bonchev–Trinajstić information content (AvgIpc) is 3.31. The van der Waals surface area contributed by atoms with E-state index in [1.165, 1.54) is 154 Å². The van der Waals surface area contributed by atoms with Gasteiger partial charge in [0.15, 0.2) is 6.10 Å². The topological polar surface area (TPSA) is 210 Å².